The molecule has 2 aromatic carbocycles. The maximum Gasteiger partial charge on any atom is 0.409 e. The molecule has 2 unspecified atom stereocenters. The number of ether oxygens (including phenoxy) is 1. The summed E-state index contributed by atoms with van der Waals surface area (Å²) in [5, 5.41) is 2.91. The zero-order valence-electron chi connectivity index (χ0n) is 18.4. The zero-order valence-corrected chi connectivity index (χ0v) is 18.4. The third kappa shape index (κ3) is 4.79. The highest BCUT2D eigenvalue weighted by molar-refractivity contribution is 5.94. The summed E-state index contributed by atoms with van der Waals surface area (Å²) in [4.78, 5) is 28.6. The molecule has 2 aliphatic rings. The van der Waals surface area contributed by atoms with Crippen LogP contribution >= 0.6 is 0 Å². The number of nitrogens with two attached hydrogens (primary N) is 1. The molecular formula is C24H29FN4O3. The largest absolute Gasteiger partial charge is 0.449 e. The van der Waals surface area contributed by atoms with E-state index in [1.165, 1.54) is 12.1 Å². The number of amides is 3. The highest BCUT2D eigenvalue weighted by Crippen LogP contribution is 2.33. The average Bonchev–Trinajstić information content (AvgIpc) is 3.34. The fourth-order valence-electron chi connectivity index (χ4n) is 4.32. The maximum absolute atomic E-state index is 13.2. The lowest BCUT2D eigenvalue weighted by Gasteiger charge is -2.22. The van der Waals surface area contributed by atoms with Crippen molar-refractivity contribution >= 4 is 23.5 Å². The Morgan fingerprint density at radius 1 is 1.03 bits per heavy atom. The smallest absolute Gasteiger partial charge is 0.409 e. The van der Waals surface area contributed by atoms with E-state index in [2.05, 4.69) is 5.32 Å². The zero-order chi connectivity index (χ0) is 22.8. The van der Waals surface area contributed by atoms with Crippen LogP contribution in [-0.2, 0) is 4.74 Å². The molecule has 2 aliphatic heterocycles. The molecule has 8 heteroatoms. The van der Waals surface area contributed by atoms with Crippen LogP contribution in [0, 0.1) is 23.6 Å². The SMILES string of the molecule is CC(C)COC(=O)N1CC2CN(C(=O)Nc3cc(-c4ccc(F)cc4)ccc3N)CC2C1. The van der Waals surface area contributed by atoms with Crippen molar-refractivity contribution in [3.63, 3.8) is 0 Å². The van der Waals surface area contributed by atoms with Crippen molar-refractivity contribution in [2.24, 2.45) is 17.8 Å². The first-order valence-corrected chi connectivity index (χ1v) is 10.9. The summed E-state index contributed by atoms with van der Waals surface area (Å²) in [5.74, 6) is 0.490. The first kappa shape index (κ1) is 21.9. The Labute approximate surface area is 187 Å². The third-order valence-electron chi connectivity index (χ3n) is 6.04. The van der Waals surface area contributed by atoms with Gasteiger partial charge >= 0.3 is 12.1 Å². The minimum absolute atomic E-state index is 0.212. The molecule has 2 aromatic rings. The number of urea groups is 1. The second-order valence-electron chi connectivity index (χ2n) is 9.04. The second kappa shape index (κ2) is 9.06. The third-order valence-corrected chi connectivity index (χ3v) is 6.04. The number of carbonyl (C=O) groups excluding carboxylic acids is 2. The van der Waals surface area contributed by atoms with Gasteiger partial charge in [0.1, 0.15) is 5.82 Å². The number of hydrogen-bond acceptors (Lipinski definition) is 4. The van der Waals surface area contributed by atoms with E-state index < -0.39 is 0 Å². The molecule has 170 valence electrons. The van der Waals surface area contributed by atoms with E-state index in [0.717, 1.165) is 11.1 Å². The monoisotopic (exact) mass is 440 g/mol. The number of halogens is 1. The number of likely N-dealkylation sites (tertiary alicyclic amines) is 2. The van der Waals surface area contributed by atoms with E-state index in [4.69, 9.17) is 10.5 Å². The van der Waals surface area contributed by atoms with Crippen molar-refractivity contribution in [2.45, 2.75) is 13.8 Å². The van der Waals surface area contributed by atoms with Crippen LogP contribution in [0.5, 0.6) is 0 Å². The van der Waals surface area contributed by atoms with Crippen LogP contribution < -0.4 is 11.1 Å². The molecular weight excluding hydrogens is 411 g/mol. The minimum atomic E-state index is -0.302. The van der Waals surface area contributed by atoms with Gasteiger partial charge in [-0.3, -0.25) is 0 Å². The number of nitrogen functional groups attached to an aromatic ring is 1. The van der Waals surface area contributed by atoms with Gasteiger partial charge in [-0.15, -0.1) is 0 Å². The van der Waals surface area contributed by atoms with E-state index in [1.54, 1.807) is 34.1 Å². The summed E-state index contributed by atoms with van der Waals surface area (Å²) in [7, 11) is 0. The average molecular weight is 441 g/mol. The number of carbonyl (C=O) groups is 2. The topological polar surface area (TPSA) is 87.9 Å². The number of nitrogens with one attached hydrogen (secondary N) is 1. The van der Waals surface area contributed by atoms with Gasteiger partial charge in [0.05, 0.1) is 18.0 Å². The molecule has 7 nitrogen and oxygen atoms in total. The van der Waals surface area contributed by atoms with Gasteiger partial charge in [0.2, 0.25) is 0 Å². The Morgan fingerprint density at radius 3 is 2.25 bits per heavy atom. The summed E-state index contributed by atoms with van der Waals surface area (Å²) >= 11 is 0. The minimum Gasteiger partial charge on any atom is -0.449 e. The normalized spacial score (nSPS) is 19.9. The van der Waals surface area contributed by atoms with Gasteiger partial charge < -0.3 is 25.6 Å². The van der Waals surface area contributed by atoms with E-state index >= 15 is 0 Å². The highest BCUT2D eigenvalue weighted by Gasteiger charge is 2.43. The Balaban J connectivity index is 1.35. The number of fused-ring (bicyclic) bond motifs is 1. The quantitative estimate of drug-likeness (QED) is 0.696. The predicted octanol–water partition coefficient (Wildman–Crippen LogP) is 4.26. The molecule has 2 heterocycles. The van der Waals surface area contributed by atoms with Crippen LogP contribution in [0.3, 0.4) is 0 Å². The number of nitrogens with zero attached hydrogens (tertiary/aromatic N) is 2. The molecule has 0 aromatic heterocycles. The first-order valence-electron chi connectivity index (χ1n) is 10.9. The fourth-order valence-corrected chi connectivity index (χ4v) is 4.32. The molecule has 2 atom stereocenters. The van der Waals surface area contributed by atoms with Gasteiger partial charge in [-0.05, 0) is 41.3 Å². The van der Waals surface area contributed by atoms with Crippen molar-refractivity contribution < 1.29 is 18.7 Å². The second-order valence-corrected chi connectivity index (χ2v) is 9.04. The number of anilines is 2. The van der Waals surface area contributed by atoms with Crippen molar-refractivity contribution in [3.8, 4) is 11.1 Å². The van der Waals surface area contributed by atoms with E-state index in [-0.39, 0.29) is 29.8 Å². The van der Waals surface area contributed by atoms with E-state index in [0.29, 0.717) is 50.1 Å². The maximum atomic E-state index is 13.2. The molecule has 0 radical (unpaired) electrons. The van der Waals surface area contributed by atoms with Crippen molar-refractivity contribution in [1.29, 1.82) is 0 Å². The standard InChI is InChI=1S/C24H29FN4O3/c1-15(2)14-32-24(31)29-12-18-10-28(11-19(18)13-29)23(30)27-22-9-17(5-8-21(22)26)16-3-6-20(25)7-4-16/h3-9,15,18-19H,10-14,26H2,1-2H3,(H,27,30). The predicted molar refractivity (Wildman–Crippen MR) is 122 cm³/mol. The van der Waals surface area contributed by atoms with Crippen LogP contribution in [-0.4, -0.2) is 54.7 Å². The molecule has 0 bridgehead atoms. The van der Waals surface area contributed by atoms with Crippen LogP contribution in [0.4, 0.5) is 25.4 Å². The lowest BCUT2D eigenvalue weighted by atomic mass is 10.0. The van der Waals surface area contributed by atoms with Crippen LogP contribution in [0.25, 0.3) is 11.1 Å². The van der Waals surface area contributed by atoms with Crippen molar-refractivity contribution in [2.75, 3.05) is 43.8 Å². The van der Waals surface area contributed by atoms with E-state index in [1.807, 2.05) is 19.9 Å². The number of rotatable bonds is 4. The van der Waals surface area contributed by atoms with Crippen molar-refractivity contribution in [3.05, 3.63) is 48.3 Å². The van der Waals surface area contributed by atoms with Crippen molar-refractivity contribution in [1.82, 2.24) is 9.80 Å². The van der Waals surface area contributed by atoms with Gasteiger partial charge in [0, 0.05) is 38.0 Å². The molecule has 32 heavy (non-hydrogen) atoms. The Bertz CT molecular complexity index is 981. The van der Waals surface area contributed by atoms with Crippen LogP contribution in [0.1, 0.15) is 13.8 Å². The Morgan fingerprint density at radius 2 is 1.62 bits per heavy atom. The lowest BCUT2D eigenvalue weighted by molar-refractivity contribution is 0.0961. The van der Waals surface area contributed by atoms with Gasteiger partial charge in [0.15, 0.2) is 0 Å². The number of hydrogen-bond donors (Lipinski definition) is 2. The Kier molecular flexibility index (Phi) is 6.21. The molecule has 3 N–H and O–H groups in total. The van der Waals surface area contributed by atoms with E-state index in [9.17, 15) is 14.0 Å². The molecule has 3 amide bonds. The molecule has 4 rings (SSSR count). The van der Waals surface area contributed by atoms with Gasteiger partial charge in [-0.25, -0.2) is 14.0 Å². The lowest BCUT2D eigenvalue weighted by Crippen LogP contribution is -2.38. The summed E-state index contributed by atoms with van der Waals surface area (Å²) in [5.41, 5.74) is 8.73. The molecule has 0 spiro atoms. The Hall–Kier alpha value is -3.29. The summed E-state index contributed by atoms with van der Waals surface area (Å²) < 4.78 is 18.5. The molecule has 0 aliphatic carbocycles. The molecule has 2 saturated heterocycles. The fraction of sp³-hybridized carbons (Fsp3) is 0.417. The summed E-state index contributed by atoms with van der Waals surface area (Å²) in [6.45, 7) is 6.80. The van der Waals surface area contributed by atoms with Gasteiger partial charge in [0.25, 0.3) is 0 Å². The van der Waals surface area contributed by atoms with Gasteiger partial charge in [-0.1, -0.05) is 32.0 Å². The highest BCUT2D eigenvalue weighted by atomic mass is 19.1. The number of benzene rings is 2. The van der Waals surface area contributed by atoms with Gasteiger partial charge in [-0.2, -0.15) is 0 Å². The van der Waals surface area contributed by atoms with Crippen LogP contribution in [0.15, 0.2) is 42.5 Å². The molecule has 0 saturated carbocycles. The first-order chi connectivity index (χ1) is 15.3. The summed E-state index contributed by atoms with van der Waals surface area (Å²) in [6, 6.07) is 11.3. The van der Waals surface area contributed by atoms with Crippen LogP contribution in [0.2, 0.25) is 0 Å². The summed E-state index contributed by atoms with van der Waals surface area (Å²) in [6.07, 6.45) is -0.269. The molecule has 2 fully saturated rings.